The van der Waals surface area contributed by atoms with Crippen molar-refractivity contribution in [1.29, 1.82) is 0 Å². The predicted molar refractivity (Wildman–Crippen MR) is 83.4 cm³/mol. The van der Waals surface area contributed by atoms with Gasteiger partial charge in [0.2, 0.25) is 0 Å². The first-order valence-corrected chi connectivity index (χ1v) is 7.23. The predicted octanol–water partition coefficient (Wildman–Crippen LogP) is 4.22. The van der Waals surface area contributed by atoms with E-state index in [9.17, 15) is 0 Å². The molecule has 0 amide bonds. The number of nitrogens with zero attached hydrogens (tertiary/aromatic N) is 1. The highest BCUT2D eigenvalue weighted by molar-refractivity contribution is 5.53. The third-order valence-electron chi connectivity index (χ3n) is 3.84. The highest BCUT2D eigenvalue weighted by atomic mass is 16.5. The molecule has 20 heavy (non-hydrogen) atoms. The molecule has 104 valence electrons. The van der Waals surface area contributed by atoms with Gasteiger partial charge in [-0.2, -0.15) is 0 Å². The molecule has 0 unspecified atom stereocenters. The fourth-order valence-corrected chi connectivity index (χ4v) is 2.81. The van der Waals surface area contributed by atoms with E-state index in [-0.39, 0.29) is 0 Å². The minimum atomic E-state index is 0.626. The molecule has 0 spiro atoms. The Bertz CT molecular complexity index is 613. The molecule has 0 aliphatic carbocycles. The molecule has 2 aromatic carbocycles. The van der Waals surface area contributed by atoms with Crippen LogP contribution in [0, 0.1) is 13.8 Å². The van der Waals surface area contributed by atoms with Crippen LogP contribution >= 0.6 is 0 Å². The van der Waals surface area contributed by atoms with E-state index in [4.69, 9.17) is 4.74 Å². The molecular weight excluding hydrogens is 246 g/mol. The van der Waals surface area contributed by atoms with Crippen molar-refractivity contribution in [2.24, 2.45) is 0 Å². The summed E-state index contributed by atoms with van der Waals surface area (Å²) in [6.07, 6.45) is 1.07. The Hall–Kier alpha value is -1.96. The van der Waals surface area contributed by atoms with Crippen LogP contribution in [0.3, 0.4) is 0 Å². The van der Waals surface area contributed by atoms with Gasteiger partial charge in [-0.05, 0) is 55.2 Å². The van der Waals surface area contributed by atoms with E-state index in [1.54, 1.807) is 0 Å². The van der Waals surface area contributed by atoms with Gasteiger partial charge in [-0.25, -0.2) is 0 Å². The Balaban J connectivity index is 1.90. The zero-order valence-electron chi connectivity index (χ0n) is 12.4. The van der Waals surface area contributed by atoms with Crippen LogP contribution in [0.25, 0.3) is 0 Å². The lowest BCUT2D eigenvalue weighted by molar-refractivity contribution is 0.289. The van der Waals surface area contributed by atoms with Gasteiger partial charge in [-0.3, -0.25) is 0 Å². The summed E-state index contributed by atoms with van der Waals surface area (Å²) in [5.41, 5.74) is 6.50. The Morgan fingerprint density at radius 3 is 2.50 bits per heavy atom. The van der Waals surface area contributed by atoms with E-state index >= 15 is 0 Å². The number of aryl methyl sites for hydroxylation is 3. The van der Waals surface area contributed by atoms with Crippen molar-refractivity contribution in [2.45, 2.75) is 33.7 Å². The molecule has 1 aliphatic rings. The highest BCUT2D eigenvalue weighted by Crippen LogP contribution is 2.30. The number of anilines is 1. The molecule has 2 aromatic rings. The van der Waals surface area contributed by atoms with Crippen LogP contribution in [-0.4, -0.2) is 6.73 Å². The summed E-state index contributed by atoms with van der Waals surface area (Å²) in [6, 6.07) is 13.2. The smallest absolute Gasteiger partial charge is 0.161 e. The van der Waals surface area contributed by atoms with Crippen LogP contribution in [0.5, 0.6) is 5.75 Å². The third-order valence-corrected chi connectivity index (χ3v) is 3.84. The van der Waals surface area contributed by atoms with E-state index in [1.807, 2.05) is 0 Å². The average Bonchev–Trinajstić information content (AvgIpc) is 2.45. The Labute approximate surface area is 121 Å². The van der Waals surface area contributed by atoms with Crippen LogP contribution in [-0.2, 0) is 13.0 Å². The van der Waals surface area contributed by atoms with Gasteiger partial charge >= 0.3 is 0 Å². The Morgan fingerprint density at radius 2 is 1.80 bits per heavy atom. The first-order valence-electron chi connectivity index (χ1n) is 7.23. The van der Waals surface area contributed by atoms with Crippen molar-refractivity contribution in [3.8, 4) is 5.75 Å². The zero-order valence-corrected chi connectivity index (χ0v) is 12.4. The van der Waals surface area contributed by atoms with Crippen molar-refractivity contribution in [3.05, 3.63) is 58.7 Å². The van der Waals surface area contributed by atoms with E-state index in [2.05, 4.69) is 62.1 Å². The van der Waals surface area contributed by atoms with Gasteiger partial charge in [0.1, 0.15) is 5.75 Å². The number of hydrogen-bond acceptors (Lipinski definition) is 2. The molecule has 0 saturated heterocycles. The number of ether oxygens (including phenoxy) is 1. The zero-order chi connectivity index (χ0) is 14.1. The molecule has 0 bridgehead atoms. The molecule has 1 aliphatic heterocycles. The summed E-state index contributed by atoms with van der Waals surface area (Å²) in [6.45, 7) is 8.02. The number of benzene rings is 2. The molecule has 0 aromatic heterocycles. The summed E-state index contributed by atoms with van der Waals surface area (Å²) in [4.78, 5) is 2.29. The van der Waals surface area contributed by atoms with Gasteiger partial charge in [-0.15, -0.1) is 0 Å². The van der Waals surface area contributed by atoms with E-state index in [0.29, 0.717) is 6.73 Å². The molecule has 3 rings (SSSR count). The van der Waals surface area contributed by atoms with Crippen molar-refractivity contribution >= 4 is 5.69 Å². The van der Waals surface area contributed by atoms with Crippen LogP contribution in [0.2, 0.25) is 0 Å². The van der Waals surface area contributed by atoms with Crippen LogP contribution in [0.15, 0.2) is 36.4 Å². The molecular formula is C18H21NO. The van der Waals surface area contributed by atoms with Crippen molar-refractivity contribution in [1.82, 2.24) is 0 Å². The fraction of sp³-hybridized carbons (Fsp3) is 0.333. The molecule has 0 radical (unpaired) electrons. The SMILES string of the molecule is CCc1ccc2c(c1)CN(c1cc(C)cc(C)c1)CO2. The molecule has 0 N–H and O–H groups in total. The van der Waals surface area contributed by atoms with Gasteiger partial charge in [-0.1, -0.05) is 25.1 Å². The van der Waals surface area contributed by atoms with Crippen molar-refractivity contribution in [2.75, 3.05) is 11.6 Å². The molecule has 0 fully saturated rings. The summed E-state index contributed by atoms with van der Waals surface area (Å²) in [5.74, 6) is 1.03. The maximum atomic E-state index is 5.90. The average molecular weight is 267 g/mol. The van der Waals surface area contributed by atoms with Crippen LogP contribution < -0.4 is 9.64 Å². The van der Waals surface area contributed by atoms with Crippen molar-refractivity contribution < 1.29 is 4.74 Å². The van der Waals surface area contributed by atoms with Crippen LogP contribution in [0.4, 0.5) is 5.69 Å². The van der Waals surface area contributed by atoms with E-state index in [0.717, 1.165) is 18.7 Å². The fourth-order valence-electron chi connectivity index (χ4n) is 2.81. The normalized spacial score (nSPS) is 13.8. The largest absolute Gasteiger partial charge is 0.473 e. The Morgan fingerprint density at radius 1 is 1.05 bits per heavy atom. The Kier molecular flexibility index (Phi) is 3.39. The van der Waals surface area contributed by atoms with Crippen LogP contribution in [0.1, 0.15) is 29.2 Å². The maximum Gasteiger partial charge on any atom is 0.161 e. The quantitative estimate of drug-likeness (QED) is 0.807. The summed E-state index contributed by atoms with van der Waals surface area (Å²) in [5, 5.41) is 0. The second kappa shape index (κ2) is 5.20. The van der Waals surface area contributed by atoms with E-state index in [1.165, 1.54) is 27.9 Å². The lowest BCUT2D eigenvalue weighted by atomic mass is 10.1. The summed E-state index contributed by atoms with van der Waals surface area (Å²) >= 11 is 0. The van der Waals surface area contributed by atoms with Gasteiger partial charge in [0.15, 0.2) is 6.73 Å². The summed E-state index contributed by atoms with van der Waals surface area (Å²) in [7, 11) is 0. The molecule has 2 heteroatoms. The maximum absolute atomic E-state index is 5.90. The van der Waals surface area contributed by atoms with E-state index < -0.39 is 0 Å². The second-order valence-corrected chi connectivity index (χ2v) is 5.61. The lowest BCUT2D eigenvalue weighted by Crippen LogP contribution is -2.32. The van der Waals surface area contributed by atoms with Gasteiger partial charge < -0.3 is 9.64 Å². The number of hydrogen-bond donors (Lipinski definition) is 0. The molecule has 0 saturated carbocycles. The number of fused-ring (bicyclic) bond motifs is 1. The third kappa shape index (κ3) is 2.51. The van der Waals surface area contributed by atoms with Gasteiger partial charge in [0.25, 0.3) is 0 Å². The molecule has 2 nitrogen and oxygen atoms in total. The highest BCUT2D eigenvalue weighted by Gasteiger charge is 2.18. The number of rotatable bonds is 2. The molecule has 1 heterocycles. The molecule has 0 atom stereocenters. The lowest BCUT2D eigenvalue weighted by Gasteiger charge is -2.31. The first-order chi connectivity index (χ1) is 9.65. The second-order valence-electron chi connectivity index (χ2n) is 5.61. The monoisotopic (exact) mass is 267 g/mol. The minimum Gasteiger partial charge on any atom is -0.473 e. The first kappa shape index (κ1) is 13.0. The van der Waals surface area contributed by atoms with Crippen molar-refractivity contribution in [3.63, 3.8) is 0 Å². The topological polar surface area (TPSA) is 12.5 Å². The van der Waals surface area contributed by atoms with Gasteiger partial charge in [0, 0.05) is 17.8 Å². The minimum absolute atomic E-state index is 0.626. The van der Waals surface area contributed by atoms with Gasteiger partial charge in [0.05, 0.1) is 0 Å². The summed E-state index contributed by atoms with van der Waals surface area (Å²) < 4.78 is 5.90. The standard InChI is InChI=1S/C18H21NO/c1-4-15-5-6-18-16(10-15)11-19(12-20-18)17-8-13(2)7-14(3)9-17/h5-10H,4,11-12H2,1-3H3.